The van der Waals surface area contributed by atoms with Crippen molar-refractivity contribution in [3.8, 4) is 17.0 Å². The van der Waals surface area contributed by atoms with E-state index in [1.807, 2.05) is 53.9 Å². The number of hydrogen-bond donors (Lipinski definition) is 2. The fourth-order valence-electron chi connectivity index (χ4n) is 3.43. The summed E-state index contributed by atoms with van der Waals surface area (Å²) in [6.45, 7) is 3.37. The van der Waals surface area contributed by atoms with Crippen molar-refractivity contribution in [2.24, 2.45) is 0 Å². The molecule has 0 unspecified atom stereocenters. The number of nitrogens with zero attached hydrogens (tertiary/aromatic N) is 3. The normalized spacial score (nSPS) is 10.8. The van der Waals surface area contributed by atoms with Crippen LogP contribution in [0.15, 0.2) is 66.9 Å². The molecule has 2 N–H and O–H groups in total. The van der Waals surface area contributed by atoms with Crippen LogP contribution in [0.4, 0.5) is 5.82 Å². The van der Waals surface area contributed by atoms with Crippen molar-refractivity contribution >= 4 is 17.4 Å². The first-order valence-electron chi connectivity index (χ1n) is 10.3. The highest BCUT2D eigenvalue weighted by atomic mass is 16.5. The Morgan fingerprint density at radius 1 is 1.06 bits per heavy atom. The Morgan fingerprint density at radius 2 is 1.87 bits per heavy atom. The minimum atomic E-state index is -0.111. The first-order chi connectivity index (χ1) is 15.2. The Morgan fingerprint density at radius 3 is 2.65 bits per heavy atom. The average Bonchev–Trinajstić information content (AvgIpc) is 3.23. The molecule has 158 valence electrons. The average molecular weight is 415 g/mol. The van der Waals surface area contributed by atoms with Gasteiger partial charge in [-0.2, -0.15) is 0 Å². The van der Waals surface area contributed by atoms with E-state index in [-0.39, 0.29) is 5.91 Å². The van der Waals surface area contributed by atoms with E-state index in [4.69, 9.17) is 9.84 Å². The van der Waals surface area contributed by atoms with Crippen LogP contribution in [-0.2, 0) is 6.42 Å². The maximum absolute atomic E-state index is 11.8. The van der Waals surface area contributed by atoms with E-state index in [9.17, 15) is 4.79 Å². The van der Waals surface area contributed by atoms with Crippen LogP contribution < -0.4 is 15.4 Å². The van der Waals surface area contributed by atoms with E-state index in [1.165, 1.54) is 0 Å². The summed E-state index contributed by atoms with van der Waals surface area (Å²) in [6.07, 6.45) is 2.62. The third-order valence-corrected chi connectivity index (χ3v) is 5.01. The molecule has 1 amide bonds. The number of amides is 1. The number of ether oxygens (including phenoxy) is 1. The summed E-state index contributed by atoms with van der Waals surface area (Å²) in [5, 5.41) is 10.7. The molecule has 7 heteroatoms. The predicted molar refractivity (Wildman–Crippen MR) is 122 cm³/mol. The van der Waals surface area contributed by atoms with Crippen molar-refractivity contribution in [3.63, 3.8) is 0 Å². The number of fused-ring (bicyclic) bond motifs is 1. The lowest BCUT2D eigenvalue weighted by atomic mass is 10.1. The molecular formula is C24H25N5O2. The van der Waals surface area contributed by atoms with E-state index >= 15 is 0 Å². The summed E-state index contributed by atoms with van der Waals surface area (Å²) in [5.74, 6) is 1.58. The highest BCUT2D eigenvalue weighted by Crippen LogP contribution is 2.22. The molecule has 0 aliphatic heterocycles. The molecule has 4 aromatic rings. The van der Waals surface area contributed by atoms with Crippen LogP contribution in [0.25, 0.3) is 16.9 Å². The van der Waals surface area contributed by atoms with E-state index in [2.05, 4.69) is 21.7 Å². The second-order valence-corrected chi connectivity index (χ2v) is 7.01. The number of carbonyl (C=O) groups is 1. The van der Waals surface area contributed by atoms with E-state index in [0.29, 0.717) is 12.2 Å². The minimum absolute atomic E-state index is 0.111. The van der Waals surface area contributed by atoms with Gasteiger partial charge in [0.2, 0.25) is 0 Å². The summed E-state index contributed by atoms with van der Waals surface area (Å²) < 4.78 is 7.51. The molecule has 0 saturated carbocycles. The molecule has 0 saturated heterocycles. The highest BCUT2D eigenvalue weighted by molar-refractivity contribution is 5.94. The van der Waals surface area contributed by atoms with Gasteiger partial charge in [-0.1, -0.05) is 30.3 Å². The van der Waals surface area contributed by atoms with Crippen LogP contribution in [-0.4, -0.2) is 40.7 Å². The minimum Gasteiger partial charge on any atom is -0.494 e. The van der Waals surface area contributed by atoms with Gasteiger partial charge in [0.05, 0.1) is 18.5 Å². The molecule has 0 radical (unpaired) electrons. The van der Waals surface area contributed by atoms with Gasteiger partial charge in [-0.3, -0.25) is 4.79 Å². The maximum Gasteiger partial charge on any atom is 0.251 e. The Kier molecular flexibility index (Phi) is 6.12. The first kappa shape index (κ1) is 20.4. The van der Waals surface area contributed by atoms with Gasteiger partial charge in [0, 0.05) is 24.7 Å². The van der Waals surface area contributed by atoms with Gasteiger partial charge in [-0.25, -0.2) is 9.50 Å². The third kappa shape index (κ3) is 4.50. The van der Waals surface area contributed by atoms with Gasteiger partial charge in [-0.05, 0) is 49.2 Å². The Labute approximate surface area is 181 Å². The quantitative estimate of drug-likeness (QED) is 0.457. The zero-order chi connectivity index (χ0) is 21.6. The van der Waals surface area contributed by atoms with E-state index in [1.54, 1.807) is 25.4 Å². The number of benzene rings is 2. The molecule has 2 aromatic heterocycles. The van der Waals surface area contributed by atoms with Gasteiger partial charge >= 0.3 is 0 Å². The van der Waals surface area contributed by atoms with Gasteiger partial charge < -0.3 is 15.4 Å². The summed E-state index contributed by atoms with van der Waals surface area (Å²) in [5.41, 5.74) is 4.34. The summed E-state index contributed by atoms with van der Waals surface area (Å²) in [6, 6.07) is 19.4. The number of carbonyl (C=O) groups excluding carboxylic acids is 1. The number of para-hydroxylation sites is 1. The predicted octanol–water partition coefficient (Wildman–Crippen LogP) is 3.81. The fraction of sp³-hybridized carbons (Fsp3) is 0.208. The van der Waals surface area contributed by atoms with Crippen LogP contribution in [0.1, 0.15) is 22.8 Å². The van der Waals surface area contributed by atoms with Gasteiger partial charge in [0.15, 0.2) is 5.65 Å². The van der Waals surface area contributed by atoms with Gasteiger partial charge in [-0.15, -0.1) is 5.10 Å². The van der Waals surface area contributed by atoms with Crippen molar-refractivity contribution in [2.45, 2.75) is 13.3 Å². The lowest BCUT2D eigenvalue weighted by Gasteiger charge is -2.11. The largest absolute Gasteiger partial charge is 0.494 e. The summed E-state index contributed by atoms with van der Waals surface area (Å²) in [4.78, 5) is 16.2. The SMILES string of the molecule is CCOc1ccccc1CCNc1ccc2ncc(-c3ccc(C(=O)NC)cc3)n2n1. The number of imidazole rings is 1. The van der Waals surface area contributed by atoms with Crippen LogP contribution in [0.3, 0.4) is 0 Å². The third-order valence-electron chi connectivity index (χ3n) is 5.01. The standard InChI is InChI=1S/C24H25N5O2/c1-3-31-21-7-5-4-6-18(21)14-15-26-22-12-13-23-27-16-20(29(23)28-22)17-8-10-19(11-9-17)24(30)25-2/h4-13,16H,3,14-15H2,1-2H3,(H,25,30)(H,26,28). The molecular weight excluding hydrogens is 390 g/mol. The van der Waals surface area contributed by atoms with Crippen molar-refractivity contribution in [1.82, 2.24) is 19.9 Å². The molecule has 0 aliphatic carbocycles. The number of aromatic nitrogens is 3. The Hall–Kier alpha value is -3.87. The second-order valence-electron chi connectivity index (χ2n) is 7.01. The second kappa shape index (κ2) is 9.30. The first-order valence-corrected chi connectivity index (χ1v) is 10.3. The number of anilines is 1. The molecule has 2 heterocycles. The topological polar surface area (TPSA) is 80.5 Å². The monoisotopic (exact) mass is 415 g/mol. The molecule has 0 fully saturated rings. The number of rotatable bonds is 8. The molecule has 0 spiro atoms. The van der Waals surface area contributed by atoms with Crippen molar-refractivity contribution in [3.05, 3.63) is 78.0 Å². The number of hydrogen-bond acceptors (Lipinski definition) is 5. The van der Waals surface area contributed by atoms with Crippen molar-refractivity contribution in [1.29, 1.82) is 0 Å². The molecule has 2 aromatic carbocycles. The van der Waals surface area contributed by atoms with E-state index < -0.39 is 0 Å². The smallest absolute Gasteiger partial charge is 0.251 e. The molecule has 0 bridgehead atoms. The van der Waals surface area contributed by atoms with Gasteiger partial charge in [0.1, 0.15) is 11.6 Å². The lowest BCUT2D eigenvalue weighted by molar-refractivity contribution is 0.0963. The zero-order valence-corrected chi connectivity index (χ0v) is 17.6. The molecule has 0 atom stereocenters. The maximum atomic E-state index is 11.8. The van der Waals surface area contributed by atoms with E-state index in [0.717, 1.165) is 47.0 Å². The Balaban J connectivity index is 1.50. The summed E-state index contributed by atoms with van der Waals surface area (Å²) >= 11 is 0. The molecule has 4 rings (SSSR count). The van der Waals surface area contributed by atoms with Gasteiger partial charge in [0.25, 0.3) is 5.91 Å². The molecule has 7 nitrogen and oxygen atoms in total. The van der Waals surface area contributed by atoms with Crippen molar-refractivity contribution < 1.29 is 9.53 Å². The molecule has 0 aliphatic rings. The van der Waals surface area contributed by atoms with Crippen molar-refractivity contribution in [2.75, 3.05) is 25.5 Å². The number of nitrogens with one attached hydrogen (secondary N) is 2. The van der Waals surface area contributed by atoms with Crippen LogP contribution in [0.5, 0.6) is 5.75 Å². The van der Waals surface area contributed by atoms with Crippen LogP contribution in [0.2, 0.25) is 0 Å². The lowest BCUT2D eigenvalue weighted by Crippen LogP contribution is -2.17. The fourth-order valence-corrected chi connectivity index (χ4v) is 3.43. The summed E-state index contributed by atoms with van der Waals surface area (Å²) in [7, 11) is 1.62. The Bertz CT molecular complexity index is 1180. The van der Waals surface area contributed by atoms with Crippen LogP contribution >= 0.6 is 0 Å². The molecule has 31 heavy (non-hydrogen) atoms. The zero-order valence-electron chi connectivity index (χ0n) is 17.6. The highest BCUT2D eigenvalue weighted by Gasteiger charge is 2.10. The van der Waals surface area contributed by atoms with Crippen LogP contribution in [0, 0.1) is 0 Å².